The van der Waals surface area contributed by atoms with Gasteiger partial charge in [0.25, 0.3) is 0 Å². The SMILES string of the molecule is CNCCC1CCN(C(=O)CSCc2ccc(Cl)cc2Cl)CC1. The lowest BCUT2D eigenvalue weighted by atomic mass is 9.93. The highest BCUT2D eigenvalue weighted by Crippen LogP contribution is 2.25. The molecule has 1 aromatic rings. The minimum atomic E-state index is 0.243. The number of carbonyl (C=O) groups is 1. The molecule has 2 rings (SSSR count). The molecule has 1 fully saturated rings. The number of piperidine rings is 1. The van der Waals surface area contributed by atoms with Gasteiger partial charge < -0.3 is 10.2 Å². The predicted molar refractivity (Wildman–Crippen MR) is 100 cm³/mol. The molecule has 0 spiro atoms. The first kappa shape index (κ1) is 18.9. The highest BCUT2D eigenvalue weighted by atomic mass is 35.5. The summed E-state index contributed by atoms with van der Waals surface area (Å²) in [6.45, 7) is 2.86. The van der Waals surface area contributed by atoms with Crippen molar-refractivity contribution in [2.75, 3.05) is 32.4 Å². The number of amides is 1. The smallest absolute Gasteiger partial charge is 0.232 e. The standard InChI is InChI=1S/C17H24Cl2N2OS/c1-20-7-4-13-5-8-21(9-6-13)17(22)12-23-11-14-2-3-15(18)10-16(14)19/h2-3,10,13,20H,4-9,11-12H2,1H3. The minimum Gasteiger partial charge on any atom is -0.342 e. The van der Waals surface area contributed by atoms with Crippen LogP contribution < -0.4 is 5.32 Å². The van der Waals surface area contributed by atoms with Crippen molar-refractivity contribution in [2.45, 2.75) is 25.0 Å². The zero-order valence-electron chi connectivity index (χ0n) is 13.5. The van der Waals surface area contributed by atoms with Gasteiger partial charge >= 0.3 is 0 Å². The second kappa shape index (κ2) is 9.77. The molecule has 0 saturated carbocycles. The molecule has 0 aromatic heterocycles. The van der Waals surface area contributed by atoms with Crippen molar-refractivity contribution < 1.29 is 4.79 Å². The maximum absolute atomic E-state index is 12.3. The van der Waals surface area contributed by atoms with Gasteiger partial charge in [0.05, 0.1) is 5.75 Å². The first-order chi connectivity index (χ1) is 11.1. The van der Waals surface area contributed by atoms with E-state index in [0.29, 0.717) is 15.8 Å². The van der Waals surface area contributed by atoms with Crippen molar-refractivity contribution in [3.05, 3.63) is 33.8 Å². The van der Waals surface area contributed by atoms with Crippen LogP contribution in [0.25, 0.3) is 0 Å². The summed E-state index contributed by atoms with van der Waals surface area (Å²) in [7, 11) is 1.99. The van der Waals surface area contributed by atoms with Crippen LogP contribution in [0.4, 0.5) is 0 Å². The Bertz CT molecular complexity index is 519. The fourth-order valence-electron chi connectivity index (χ4n) is 2.80. The Morgan fingerprint density at radius 1 is 1.35 bits per heavy atom. The minimum absolute atomic E-state index is 0.243. The summed E-state index contributed by atoms with van der Waals surface area (Å²) in [5.41, 5.74) is 1.03. The van der Waals surface area contributed by atoms with Gasteiger partial charge in [-0.3, -0.25) is 4.79 Å². The van der Waals surface area contributed by atoms with Crippen LogP contribution in [-0.2, 0) is 10.5 Å². The summed E-state index contributed by atoms with van der Waals surface area (Å²) >= 11 is 13.7. The summed E-state index contributed by atoms with van der Waals surface area (Å²) in [4.78, 5) is 14.3. The van der Waals surface area contributed by atoms with Crippen LogP contribution in [0, 0.1) is 5.92 Å². The Kier molecular flexibility index (Phi) is 8.04. The van der Waals surface area contributed by atoms with Gasteiger partial charge in [0, 0.05) is 28.9 Å². The van der Waals surface area contributed by atoms with Crippen LogP contribution >= 0.6 is 35.0 Å². The van der Waals surface area contributed by atoms with E-state index >= 15 is 0 Å². The third kappa shape index (κ3) is 6.18. The lowest BCUT2D eigenvalue weighted by Gasteiger charge is -2.32. The van der Waals surface area contributed by atoms with E-state index in [1.54, 1.807) is 17.8 Å². The number of benzene rings is 1. The normalized spacial score (nSPS) is 15.9. The number of thioether (sulfide) groups is 1. The number of rotatable bonds is 7. The number of nitrogens with zero attached hydrogens (tertiary/aromatic N) is 1. The fourth-order valence-corrected chi connectivity index (χ4v) is 4.28. The van der Waals surface area contributed by atoms with Gasteiger partial charge in [-0.2, -0.15) is 0 Å². The average molecular weight is 375 g/mol. The molecule has 3 nitrogen and oxygen atoms in total. The van der Waals surface area contributed by atoms with Gasteiger partial charge in [0.1, 0.15) is 0 Å². The lowest BCUT2D eigenvalue weighted by Crippen LogP contribution is -2.39. The molecule has 0 aliphatic carbocycles. The molecule has 1 N–H and O–H groups in total. The lowest BCUT2D eigenvalue weighted by molar-refractivity contribution is -0.129. The quantitative estimate of drug-likeness (QED) is 0.780. The van der Waals surface area contributed by atoms with E-state index in [1.807, 2.05) is 24.1 Å². The molecular formula is C17H24Cl2N2OS. The average Bonchev–Trinajstić information content (AvgIpc) is 2.55. The van der Waals surface area contributed by atoms with E-state index in [4.69, 9.17) is 23.2 Å². The van der Waals surface area contributed by atoms with E-state index in [9.17, 15) is 4.79 Å². The maximum Gasteiger partial charge on any atom is 0.232 e. The van der Waals surface area contributed by atoms with E-state index in [2.05, 4.69) is 5.32 Å². The third-order valence-corrected chi connectivity index (χ3v) is 5.82. The van der Waals surface area contributed by atoms with Gasteiger partial charge in [0.15, 0.2) is 0 Å². The topological polar surface area (TPSA) is 32.3 Å². The molecule has 0 bridgehead atoms. The van der Waals surface area contributed by atoms with E-state index in [1.165, 1.54) is 6.42 Å². The molecule has 0 unspecified atom stereocenters. The summed E-state index contributed by atoms with van der Waals surface area (Å²) in [6.07, 6.45) is 3.46. The Balaban J connectivity index is 1.69. The van der Waals surface area contributed by atoms with E-state index in [-0.39, 0.29) is 5.91 Å². The van der Waals surface area contributed by atoms with E-state index in [0.717, 1.165) is 49.7 Å². The van der Waals surface area contributed by atoms with Crippen LogP contribution in [0.2, 0.25) is 10.0 Å². The Hall–Kier alpha value is -0.420. The zero-order chi connectivity index (χ0) is 16.7. The van der Waals surface area contributed by atoms with Crippen LogP contribution in [-0.4, -0.2) is 43.2 Å². The van der Waals surface area contributed by atoms with Crippen molar-refractivity contribution in [3.63, 3.8) is 0 Å². The number of carbonyl (C=O) groups excluding carboxylic acids is 1. The molecule has 1 saturated heterocycles. The molecule has 128 valence electrons. The number of nitrogens with one attached hydrogen (secondary N) is 1. The molecule has 6 heteroatoms. The maximum atomic E-state index is 12.3. The molecular weight excluding hydrogens is 351 g/mol. The molecule has 1 amide bonds. The van der Waals surface area contributed by atoms with Crippen molar-refractivity contribution in [1.29, 1.82) is 0 Å². The van der Waals surface area contributed by atoms with Gasteiger partial charge in [-0.05, 0) is 56.5 Å². The second-order valence-electron chi connectivity index (χ2n) is 5.94. The summed E-state index contributed by atoms with van der Waals surface area (Å²) in [5, 5.41) is 4.51. The molecule has 0 atom stereocenters. The number of hydrogen-bond donors (Lipinski definition) is 1. The highest BCUT2D eigenvalue weighted by molar-refractivity contribution is 7.99. The molecule has 1 heterocycles. The summed E-state index contributed by atoms with van der Waals surface area (Å²) in [5.74, 6) is 2.25. The number of hydrogen-bond acceptors (Lipinski definition) is 3. The van der Waals surface area contributed by atoms with Crippen LogP contribution in [0.5, 0.6) is 0 Å². The second-order valence-corrected chi connectivity index (χ2v) is 7.77. The van der Waals surface area contributed by atoms with Crippen molar-refractivity contribution in [1.82, 2.24) is 10.2 Å². The first-order valence-electron chi connectivity index (χ1n) is 8.04. The zero-order valence-corrected chi connectivity index (χ0v) is 15.8. The van der Waals surface area contributed by atoms with Crippen LogP contribution in [0.1, 0.15) is 24.8 Å². The van der Waals surface area contributed by atoms with Crippen LogP contribution in [0.15, 0.2) is 18.2 Å². The number of halogens is 2. The molecule has 1 aliphatic heterocycles. The molecule has 1 aromatic carbocycles. The Labute approximate surface area is 153 Å². The van der Waals surface area contributed by atoms with Crippen molar-refractivity contribution >= 4 is 40.9 Å². The van der Waals surface area contributed by atoms with Crippen molar-refractivity contribution in [2.24, 2.45) is 5.92 Å². The van der Waals surface area contributed by atoms with Gasteiger partial charge in [-0.15, -0.1) is 11.8 Å². The number of likely N-dealkylation sites (tertiary alicyclic amines) is 1. The largest absolute Gasteiger partial charge is 0.342 e. The predicted octanol–water partition coefficient (Wildman–Crippen LogP) is 4.07. The monoisotopic (exact) mass is 374 g/mol. The molecule has 23 heavy (non-hydrogen) atoms. The highest BCUT2D eigenvalue weighted by Gasteiger charge is 2.22. The van der Waals surface area contributed by atoms with Gasteiger partial charge in [-0.1, -0.05) is 29.3 Å². The molecule has 0 radical (unpaired) electrons. The van der Waals surface area contributed by atoms with Gasteiger partial charge in [0.2, 0.25) is 5.91 Å². The van der Waals surface area contributed by atoms with Crippen molar-refractivity contribution in [3.8, 4) is 0 Å². The molecule has 1 aliphatic rings. The Morgan fingerprint density at radius 3 is 2.74 bits per heavy atom. The van der Waals surface area contributed by atoms with E-state index < -0.39 is 0 Å². The Morgan fingerprint density at radius 2 is 2.09 bits per heavy atom. The van der Waals surface area contributed by atoms with Crippen LogP contribution in [0.3, 0.4) is 0 Å². The summed E-state index contributed by atoms with van der Waals surface area (Å²) < 4.78 is 0. The summed E-state index contributed by atoms with van der Waals surface area (Å²) in [6, 6.07) is 5.51. The van der Waals surface area contributed by atoms with Gasteiger partial charge in [-0.25, -0.2) is 0 Å². The first-order valence-corrected chi connectivity index (χ1v) is 9.95. The third-order valence-electron chi connectivity index (χ3n) is 4.27. The fraction of sp³-hybridized carbons (Fsp3) is 0.588.